The van der Waals surface area contributed by atoms with Crippen LogP contribution in [0.3, 0.4) is 0 Å². The molecule has 106 valence electrons. The monoisotopic (exact) mass is 289 g/mol. The van der Waals surface area contributed by atoms with E-state index >= 15 is 0 Å². The number of nitrogens with zero attached hydrogens (tertiary/aromatic N) is 1. The van der Waals surface area contributed by atoms with Crippen LogP contribution in [0.5, 0.6) is 0 Å². The maximum Gasteiger partial charge on any atom is 0.319 e. The maximum absolute atomic E-state index is 11.8. The van der Waals surface area contributed by atoms with Crippen molar-refractivity contribution in [2.24, 2.45) is 5.92 Å². The van der Waals surface area contributed by atoms with E-state index in [9.17, 15) is 4.79 Å². The number of rotatable bonds is 5. The summed E-state index contributed by atoms with van der Waals surface area (Å²) in [4.78, 5) is 16.0. The first-order valence-corrected chi connectivity index (χ1v) is 7.58. The van der Waals surface area contributed by atoms with Gasteiger partial charge in [0.1, 0.15) is 5.01 Å². The van der Waals surface area contributed by atoms with Crippen LogP contribution in [-0.2, 0) is 0 Å². The fraction of sp³-hybridized carbons (Fsp3) is 0.333. The van der Waals surface area contributed by atoms with Crippen molar-refractivity contribution in [1.82, 2.24) is 10.3 Å². The third-order valence-electron chi connectivity index (χ3n) is 2.81. The quantitative estimate of drug-likeness (QED) is 0.874. The van der Waals surface area contributed by atoms with Gasteiger partial charge < -0.3 is 10.6 Å². The van der Waals surface area contributed by atoms with Crippen LogP contribution in [0.2, 0.25) is 0 Å². The lowest BCUT2D eigenvalue weighted by molar-refractivity contribution is 0.251. The zero-order valence-electron chi connectivity index (χ0n) is 11.7. The number of benzene rings is 1. The Labute approximate surface area is 123 Å². The van der Waals surface area contributed by atoms with Gasteiger partial charge in [-0.05, 0) is 24.5 Å². The number of nitrogens with one attached hydrogen (secondary N) is 2. The predicted octanol–water partition coefficient (Wildman–Crippen LogP) is 3.98. The number of hydrogen-bond acceptors (Lipinski definition) is 3. The second-order valence-corrected chi connectivity index (χ2v) is 5.88. The summed E-state index contributed by atoms with van der Waals surface area (Å²) >= 11 is 1.58. The number of amides is 2. The second kappa shape index (κ2) is 7.05. The van der Waals surface area contributed by atoms with Crippen molar-refractivity contribution in [3.05, 3.63) is 35.8 Å². The second-order valence-electron chi connectivity index (χ2n) is 4.98. The molecule has 0 atom stereocenters. The Bertz CT molecular complexity index is 552. The fourth-order valence-corrected chi connectivity index (χ4v) is 2.38. The highest BCUT2D eigenvalue weighted by molar-refractivity contribution is 7.13. The third kappa shape index (κ3) is 4.35. The summed E-state index contributed by atoms with van der Waals surface area (Å²) in [5.74, 6) is 0.587. The van der Waals surface area contributed by atoms with E-state index in [0.29, 0.717) is 12.5 Å². The van der Waals surface area contributed by atoms with Gasteiger partial charge in [0.2, 0.25) is 0 Å². The molecule has 0 spiro atoms. The average molecular weight is 289 g/mol. The molecule has 0 radical (unpaired) electrons. The van der Waals surface area contributed by atoms with Crippen LogP contribution in [0.1, 0.15) is 20.3 Å². The highest BCUT2D eigenvalue weighted by Gasteiger charge is 2.05. The Morgan fingerprint density at radius 2 is 2.25 bits per heavy atom. The van der Waals surface area contributed by atoms with Gasteiger partial charge in [-0.2, -0.15) is 0 Å². The van der Waals surface area contributed by atoms with Crippen LogP contribution < -0.4 is 10.6 Å². The Kier molecular flexibility index (Phi) is 5.12. The molecule has 20 heavy (non-hydrogen) atoms. The summed E-state index contributed by atoms with van der Waals surface area (Å²) in [6.45, 7) is 4.96. The highest BCUT2D eigenvalue weighted by atomic mass is 32.1. The minimum absolute atomic E-state index is 0.165. The molecule has 1 aromatic carbocycles. The Morgan fingerprint density at radius 1 is 1.40 bits per heavy atom. The SMILES string of the molecule is CC(C)CCNC(=O)Nc1cccc(-c2nccs2)c1. The van der Waals surface area contributed by atoms with E-state index in [1.165, 1.54) is 0 Å². The van der Waals surface area contributed by atoms with Gasteiger partial charge in [-0.1, -0.05) is 26.0 Å². The molecule has 2 amide bonds. The van der Waals surface area contributed by atoms with Gasteiger partial charge in [-0.3, -0.25) is 0 Å². The summed E-state index contributed by atoms with van der Waals surface area (Å²) in [6.07, 6.45) is 2.76. The van der Waals surface area contributed by atoms with Crippen molar-refractivity contribution in [2.45, 2.75) is 20.3 Å². The van der Waals surface area contributed by atoms with Crippen LogP contribution in [0, 0.1) is 5.92 Å². The first kappa shape index (κ1) is 14.5. The molecular weight excluding hydrogens is 270 g/mol. The lowest BCUT2D eigenvalue weighted by Crippen LogP contribution is -2.30. The van der Waals surface area contributed by atoms with Gasteiger partial charge in [-0.25, -0.2) is 9.78 Å². The molecular formula is C15H19N3OS. The molecule has 0 aliphatic heterocycles. The van der Waals surface area contributed by atoms with Gasteiger partial charge in [0.05, 0.1) is 0 Å². The number of hydrogen-bond donors (Lipinski definition) is 2. The summed E-state index contributed by atoms with van der Waals surface area (Å²) in [5.41, 5.74) is 1.79. The van der Waals surface area contributed by atoms with Gasteiger partial charge in [0.25, 0.3) is 0 Å². The number of aromatic nitrogens is 1. The molecule has 1 heterocycles. The van der Waals surface area contributed by atoms with Gasteiger partial charge >= 0.3 is 6.03 Å². The van der Waals surface area contributed by atoms with E-state index in [-0.39, 0.29) is 6.03 Å². The van der Waals surface area contributed by atoms with Crippen LogP contribution in [0.4, 0.5) is 10.5 Å². The van der Waals surface area contributed by atoms with Crippen molar-refractivity contribution in [2.75, 3.05) is 11.9 Å². The number of carbonyl (C=O) groups is 1. The van der Waals surface area contributed by atoms with Crippen LogP contribution in [-0.4, -0.2) is 17.6 Å². The smallest absolute Gasteiger partial charge is 0.319 e. The molecule has 2 rings (SSSR count). The summed E-state index contributed by atoms with van der Waals surface area (Å²) in [5, 5.41) is 8.59. The van der Waals surface area contributed by atoms with Gasteiger partial charge in [0, 0.05) is 29.4 Å². The minimum Gasteiger partial charge on any atom is -0.338 e. The lowest BCUT2D eigenvalue weighted by Gasteiger charge is -2.09. The number of anilines is 1. The molecule has 4 nitrogen and oxygen atoms in total. The van der Waals surface area contributed by atoms with E-state index in [4.69, 9.17) is 0 Å². The number of carbonyl (C=O) groups excluding carboxylic acids is 1. The molecule has 0 aliphatic carbocycles. The molecule has 0 aliphatic rings. The molecule has 2 N–H and O–H groups in total. The summed E-state index contributed by atoms with van der Waals surface area (Å²) in [6, 6.07) is 7.54. The normalized spacial score (nSPS) is 10.6. The highest BCUT2D eigenvalue weighted by Crippen LogP contribution is 2.24. The van der Waals surface area contributed by atoms with Crippen LogP contribution in [0.15, 0.2) is 35.8 Å². The van der Waals surface area contributed by atoms with E-state index in [1.54, 1.807) is 17.5 Å². The lowest BCUT2D eigenvalue weighted by atomic mass is 10.1. The predicted molar refractivity (Wildman–Crippen MR) is 84.0 cm³/mol. The van der Waals surface area contributed by atoms with Crippen molar-refractivity contribution in [1.29, 1.82) is 0 Å². The molecule has 0 unspecified atom stereocenters. The Hall–Kier alpha value is -1.88. The fourth-order valence-electron chi connectivity index (χ4n) is 1.75. The molecule has 2 aromatic rings. The third-order valence-corrected chi connectivity index (χ3v) is 3.63. The molecule has 5 heteroatoms. The average Bonchev–Trinajstić information content (AvgIpc) is 2.92. The standard InChI is InChI=1S/C15H19N3OS/c1-11(2)6-7-17-15(19)18-13-5-3-4-12(10-13)14-16-8-9-20-14/h3-5,8-11H,6-7H2,1-2H3,(H2,17,18,19). The van der Waals surface area contributed by atoms with E-state index in [1.807, 2.05) is 29.6 Å². The van der Waals surface area contributed by atoms with Gasteiger partial charge in [-0.15, -0.1) is 11.3 Å². The van der Waals surface area contributed by atoms with E-state index in [2.05, 4.69) is 29.5 Å². The number of thiazole rings is 1. The molecule has 0 saturated heterocycles. The molecule has 0 saturated carbocycles. The van der Waals surface area contributed by atoms with Crippen molar-refractivity contribution < 1.29 is 4.79 Å². The van der Waals surface area contributed by atoms with E-state index < -0.39 is 0 Å². The summed E-state index contributed by atoms with van der Waals surface area (Å²) in [7, 11) is 0. The van der Waals surface area contributed by atoms with Crippen LogP contribution >= 0.6 is 11.3 Å². The summed E-state index contributed by atoms with van der Waals surface area (Å²) < 4.78 is 0. The van der Waals surface area contributed by atoms with Crippen LogP contribution in [0.25, 0.3) is 10.6 Å². The topological polar surface area (TPSA) is 54.0 Å². The maximum atomic E-state index is 11.8. The molecule has 0 fully saturated rings. The van der Waals surface area contributed by atoms with Crippen molar-refractivity contribution >= 4 is 23.1 Å². The first-order chi connectivity index (χ1) is 9.65. The minimum atomic E-state index is -0.165. The van der Waals surface area contributed by atoms with Gasteiger partial charge in [0.15, 0.2) is 0 Å². The zero-order valence-corrected chi connectivity index (χ0v) is 12.5. The number of urea groups is 1. The van der Waals surface area contributed by atoms with E-state index in [0.717, 1.165) is 22.7 Å². The first-order valence-electron chi connectivity index (χ1n) is 6.70. The Morgan fingerprint density at radius 3 is 2.95 bits per heavy atom. The van der Waals surface area contributed by atoms with Crippen molar-refractivity contribution in [3.8, 4) is 10.6 Å². The molecule has 1 aromatic heterocycles. The Balaban J connectivity index is 1.93. The van der Waals surface area contributed by atoms with Crippen molar-refractivity contribution in [3.63, 3.8) is 0 Å². The largest absolute Gasteiger partial charge is 0.338 e. The molecule has 0 bridgehead atoms. The zero-order chi connectivity index (χ0) is 14.4.